The van der Waals surface area contributed by atoms with E-state index >= 15 is 0 Å². The third-order valence-corrected chi connectivity index (χ3v) is 0.341. The van der Waals surface area contributed by atoms with Crippen molar-refractivity contribution in [2.45, 2.75) is 13.0 Å². The van der Waals surface area contributed by atoms with Crippen molar-refractivity contribution in [3.63, 3.8) is 0 Å². The molecule has 0 aliphatic heterocycles. The van der Waals surface area contributed by atoms with Crippen LogP contribution in [0.5, 0.6) is 0 Å². The molecule has 1 N–H and O–H groups in total. The molecule has 0 aromatic rings. The first-order valence-electron chi connectivity index (χ1n) is 1.53. The molecule has 0 aliphatic rings. The van der Waals surface area contributed by atoms with Gasteiger partial charge in [0.05, 0.1) is 12.1 Å². The summed E-state index contributed by atoms with van der Waals surface area (Å²) in [4.78, 5) is 9.34. The zero-order valence-corrected chi connectivity index (χ0v) is 8.40. The molecule has 0 aromatic heterocycles. The van der Waals surface area contributed by atoms with Gasteiger partial charge in [0.15, 0.2) is 0 Å². The number of aliphatic hydroxyl groups is 1. The molecule has 8 heavy (non-hydrogen) atoms. The third-order valence-electron chi connectivity index (χ3n) is 0.341. The topological polar surface area (TPSA) is 60.4 Å². The minimum absolute atomic E-state index is 0. The monoisotopic (exact) mass is 160 g/mol. The van der Waals surface area contributed by atoms with Crippen LogP contribution in [-0.2, 0) is 26.5 Å². The van der Waals surface area contributed by atoms with Crippen LogP contribution in [0, 0.1) is 0 Å². The van der Waals surface area contributed by atoms with Crippen molar-refractivity contribution in [2.24, 2.45) is 0 Å². The third kappa shape index (κ3) is 10.2. The Bertz CT molecular complexity index is 65.5. The average molecular weight is 160 g/mol. The molecule has 0 aliphatic carbocycles. The zero-order chi connectivity index (χ0) is 5.15. The van der Waals surface area contributed by atoms with E-state index < -0.39 is 12.1 Å². The first kappa shape index (κ1) is 16.1. The number of carboxylic acids is 1. The van der Waals surface area contributed by atoms with Crippen molar-refractivity contribution in [3.8, 4) is 0 Å². The predicted molar refractivity (Wildman–Crippen MR) is 16.7 cm³/mol. The molecule has 1 unspecified atom stereocenters. The molecule has 0 heterocycles. The van der Waals surface area contributed by atoms with E-state index in [-0.39, 0.29) is 51.3 Å². The summed E-state index contributed by atoms with van der Waals surface area (Å²) in [5.74, 6) is -1.44. The van der Waals surface area contributed by atoms with Crippen molar-refractivity contribution in [1.29, 1.82) is 0 Å². The van der Waals surface area contributed by atoms with Gasteiger partial charge in [-0.2, -0.15) is 0 Å². The van der Waals surface area contributed by atoms with Gasteiger partial charge < -0.3 is 15.0 Å². The minimum atomic E-state index is -1.44. The van der Waals surface area contributed by atoms with Crippen LogP contribution in [0.25, 0.3) is 0 Å². The molecular weight excluding hydrogens is 155 g/mol. The molecule has 38 valence electrons. The zero-order valence-electron chi connectivity index (χ0n) is 4.84. The summed E-state index contributed by atoms with van der Waals surface area (Å²) in [6.07, 6.45) is -1.34. The number of carbonyl (C=O) groups excluding carboxylic acids is 1. The molecule has 0 saturated carbocycles. The summed E-state index contributed by atoms with van der Waals surface area (Å²) in [5.41, 5.74) is 0. The van der Waals surface area contributed by atoms with Gasteiger partial charge >= 0.3 is 51.3 Å². The number of carboxylic acid groups (broad SMARTS) is 1. The number of hydrogen-bond acceptors (Lipinski definition) is 3. The Balaban J connectivity index is -0.000000125. The van der Waals surface area contributed by atoms with Crippen molar-refractivity contribution in [1.82, 2.24) is 0 Å². The molecule has 0 amide bonds. The molecular formula is C3H5NaO3Ti+2. The van der Waals surface area contributed by atoms with Gasteiger partial charge in [-0.15, -0.1) is 0 Å². The quantitative estimate of drug-likeness (QED) is 0.391. The Hall–Kier alpha value is 1.14. The van der Waals surface area contributed by atoms with Gasteiger partial charge in [-0.05, 0) is 6.92 Å². The molecule has 3 nitrogen and oxygen atoms in total. The van der Waals surface area contributed by atoms with Crippen LogP contribution in [0.3, 0.4) is 0 Å². The second-order valence-electron chi connectivity index (χ2n) is 0.995. The van der Waals surface area contributed by atoms with Crippen LogP contribution in [-0.4, -0.2) is 17.2 Å². The molecule has 0 spiro atoms. The van der Waals surface area contributed by atoms with Gasteiger partial charge in [0.25, 0.3) is 0 Å². The van der Waals surface area contributed by atoms with Crippen LogP contribution in [0.2, 0.25) is 0 Å². The summed E-state index contributed by atoms with van der Waals surface area (Å²) < 4.78 is 0. The summed E-state index contributed by atoms with van der Waals surface area (Å²) in [6, 6.07) is 0. The van der Waals surface area contributed by atoms with E-state index in [1.165, 1.54) is 0 Å². The van der Waals surface area contributed by atoms with Gasteiger partial charge in [-0.25, -0.2) is 0 Å². The van der Waals surface area contributed by atoms with Gasteiger partial charge in [0, 0.05) is 0 Å². The first-order valence-corrected chi connectivity index (χ1v) is 1.53. The van der Waals surface area contributed by atoms with Gasteiger partial charge in [-0.1, -0.05) is 0 Å². The Labute approximate surface area is 84.6 Å². The summed E-state index contributed by atoms with van der Waals surface area (Å²) in [6.45, 7) is 1.13. The smallest absolute Gasteiger partial charge is 0.547 e. The SMILES string of the molecule is CC(O)C(=O)[O-].[Na+].[Ti+2]. The van der Waals surface area contributed by atoms with Crippen LogP contribution in [0.15, 0.2) is 0 Å². The standard InChI is InChI=1S/C3H6O3.Na.Ti/c1-2(4)3(5)6;;/h2,4H,1H3,(H,5,6);;/q;+1;+2/p-1. The van der Waals surface area contributed by atoms with E-state index in [1.54, 1.807) is 0 Å². The predicted octanol–water partition coefficient (Wildman–Crippen LogP) is -4.88. The van der Waals surface area contributed by atoms with E-state index in [0.29, 0.717) is 0 Å². The number of aliphatic hydroxyl groups excluding tert-OH is 1. The molecule has 0 aromatic carbocycles. The van der Waals surface area contributed by atoms with Gasteiger partial charge in [-0.3, -0.25) is 0 Å². The molecule has 0 bridgehead atoms. The number of aliphatic carboxylic acids is 1. The van der Waals surface area contributed by atoms with Gasteiger partial charge in [0.1, 0.15) is 0 Å². The van der Waals surface area contributed by atoms with E-state index in [2.05, 4.69) is 0 Å². The fourth-order valence-electron chi connectivity index (χ4n) is 0. The van der Waals surface area contributed by atoms with Crippen molar-refractivity contribution < 1.29 is 66.3 Å². The molecule has 0 fully saturated rings. The van der Waals surface area contributed by atoms with Crippen molar-refractivity contribution in [3.05, 3.63) is 0 Å². The van der Waals surface area contributed by atoms with E-state index in [0.717, 1.165) is 6.92 Å². The number of hydrogen-bond donors (Lipinski definition) is 1. The summed E-state index contributed by atoms with van der Waals surface area (Å²) in [7, 11) is 0. The number of rotatable bonds is 1. The van der Waals surface area contributed by atoms with Crippen LogP contribution < -0.4 is 34.7 Å². The van der Waals surface area contributed by atoms with Crippen molar-refractivity contribution in [2.75, 3.05) is 0 Å². The number of carbonyl (C=O) groups is 1. The van der Waals surface area contributed by atoms with Crippen LogP contribution in [0.1, 0.15) is 6.92 Å². The fourth-order valence-corrected chi connectivity index (χ4v) is 0. The largest absolute Gasteiger partial charge is 2.00 e. The van der Waals surface area contributed by atoms with Crippen LogP contribution in [0.4, 0.5) is 0 Å². The first-order chi connectivity index (χ1) is 2.64. The molecule has 5 heteroatoms. The molecule has 1 atom stereocenters. The maximum Gasteiger partial charge on any atom is 2.00 e. The Morgan fingerprint density at radius 2 is 1.88 bits per heavy atom. The Morgan fingerprint density at radius 3 is 1.88 bits per heavy atom. The van der Waals surface area contributed by atoms with Gasteiger partial charge in [0.2, 0.25) is 0 Å². The normalized spacial score (nSPS) is 10.2. The van der Waals surface area contributed by atoms with E-state index in [9.17, 15) is 9.90 Å². The van der Waals surface area contributed by atoms with Crippen LogP contribution >= 0.6 is 0 Å². The minimum Gasteiger partial charge on any atom is -0.547 e. The average Bonchev–Trinajstić information content (AvgIpc) is 1.36. The second-order valence-corrected chi connectivity index (χ2v) is 0.995. The Morgan fingerprint density at radius 1 is 1.75 bits per heavy atom. The summed E-state index contributed by atoms with van der Waals surface area (Å²) >= 11 is 0. The van der Waals surface area contributed by atoms with E-state index in [1.807, 2.05) is 0 Å². The van der Waals surface area contributed by atoms with Crippen molar-refractivity contribution >= 4 is 5.97 Å². The summed E-state index contributed by atoms with van der Waals surface area (Å²) in [5, 5.41) is 17.3. The second kappa shape index (κ2) is 8.14. The maximum absolute atomic E-state index is 9.34. The molecule has 0 saturated heterocycles. The molecule has 0 rings (SSSR count). The maximum atomic E-state index is 9.34. The Kier molecular flexibility index (Phi) is 16.4. The molecule has 0 radical (unpaired) electrons. The fraction of sp³-hybridized carbons (Fsp3) is 0.667. The van der Waals surface area contributed by atoms with E-state index in [4.69, 9.17) is 5.11 Å².